The van der Waals surface area contributed by atoms with Gasteiger partial charge in [0.2, 0.25) is 11.8 Å². The number of anilines is 1. The van der Waals surface area contributed by atoms with Gasteiger partial charge in [0.25, 0.3) is 11.8 Å². The van der Waals surface area contributed by atoms with Crippen LogP contribution in [0.25, 0.3) is 0 Å². The zero-order chi connectivity index (χ0) is 46.3. The summed E-state index contributed by atoms with van der Waals surface area (Å²) in [5.41, 5.74) is 0.903. The van der Waals surface area contributed by atoms with Gasteiger partial charge in [-0.25, -0.2) is 0 Å². The van der Waals surface area contributed by atoms with E-state index < -0.39 is 29.7 Å². The van der Waals surface area contributed by atoms with E-state index in [9.17, 15) is 19.2 Å². The molecule has 1 aromatic carbocycles. The standard InChI is InChI=1S/C45H75N3O17/c1-2-3-4-5-12-53-14-16-55-18-20-57-22-24-59-26-28-61-30-32-63-34-36-65-37-35-64-33-31-62-29-27-60-25-23-58-21-19-56-17-15-54-13-11-46-39-8-6-7-38-42(39)45(52)48(44(38)51)40-9-10-41(49)47-43(40)50/h6-8,40,46H,2-5,9-37H2,1H3,(H,47,49,50). The predicted molar refractivity (Wildman–Crippen MR) is 236 cm³/mol. The van der Waals surface area contributed by atoms with E-state index in [0.717, 1.165) is 17.9 Å². The average molecular weight is 930 g/mol. The van der Waals surface area contributed by atoms with Crippen molar-refractivity contribution >= 4 is 29.3 Å². The van der Waals surface area contributed by atoms with Gasteiger partial charge >= 0.3 is 0 Å². The maximum Gasteiger partial charge on any atom is 0.264 e. The molecular formula is C45H75N3O17. The lowest BCUT2D eigenvalue weighted by Crippen LogP contribution is -2.54. The van der Waals surface area contributed by atoms with Crippen molar-refractivity contribution in [2.24, 2.45) is 0 Å². The first-order chi connectivity index (χ1) is 32.0. The highest BCUT2D eigenvalue weighted by Crippen LogP contribution is 2.32. The quantitative estimate of drug-likeness (QED) is 0.0709. The highest BCUT2D eigenvalue weighted by Gasteiger charge is 2.45. The number of rotatable bonds is 46. The second-order valence-corrected chi connectivity index (χ2v) is 14.6. The first-order valence-corrected chi connectivity index (χ1v) is 23.1. The molecule has 20 nitrogen and oxygen atoms in total. The van der Waals surface area contributed by atoms with E-state index in [1.807, 2.05) is 0 Å². The first kappa shape index (κ1) is 56.1. The Labute approximate surface area is 384 Å². The van der Waals surface area contributed by atoms with E-state index in [1.165, 1.54) is 19.3 Å². The number of amides is 4. The van der Waals surface area contributed by atoms with Crippen LogP contribution in [0.3, 0.4) is 0 Å². The largest absolute Gasteiger partial charge is 0.382 e. The molecule has 4 amide bonds. The molecule has 2 heterocycles. The molecular weight excluding hydrogens is 854 g/mol. The third kappa shape index (κ3) is 26.1. The van der Waals surface area contributed by atoms with Gasteiger partial charge in [-0.05, 0) is 25.0 Å². The zero-order valence-corrected chi connectivity index (χ0v) is 38.5. The van der Waals surface area contributed by atoms with Crippen LogP contribution in [0.1, 0.15) is 66.2 Å². The fourth-order valence-electron chi connectivity index (χ4n) is 6.29. The Bertz CT molecular complexity index is 1410. The molecule has 0 aliphatic carbocycles. The molecule has 0 spiro atoms. The highest BCUT2D eigenvalue weighted by atomic mass is 16.6. The topological polar surface area (TPSA) is 216 Å². The molecule has 1 unspecified atom stereocenters. The highest BCUT2D eigenvalue weighted by molar-refractivity contribution is 6.25. The summed E-state index contributed by atoms with van der Waals surface area (Å²) in [5, 5.41) is 5.34. The lowest BCUT2D eigenvalue weighted by molar-refractivity contribution is -0.136. The maximum absolute atomic E-state index is 13.2. The molecule has 1 aromatic rings. The van der Waals surface area contributed by atoms with Crippen molar-refractivity contribution in [3.63, 3.8) is 0 Å². The van der Waals surface area contributed by atoms with E-state index in [-0.39, 0.29) is 24.0 Å². The predicted octanol–water partition coefficient (Wildman–Crippen LogP) is 2.30. The molecule has 1 fully saturated rings. The minimum Gasteiger partial charge on any atom is -0.382 e. The number of hydrogen-bond acceptors (Lipinski definition) is 18. The summed E-state index contributed by atoms with van der Waals surface area (Å²) in [6.45, 7) is 15.4. The van der Waals surface area contributed by atoms with Crippen molar-refractivity contribution in [1.82, 2.24) is 10.2 Å². The van der Waals surface area contributed by atoms with E-state index >= 15 is 0 Å². The number of ether oxygens (including phenoxy) is 13. The molecule has 0 saturated carbocycles. The molecule has 1 atom stereocenters. The number of benzene rings is 1. The first-order valence-electron chi connectivity index (χ1n) is 23.1. The number of nitrogens with zero attached hydrogens (tertiary/aromatic N) is 1. The summed E-state index contributed by atoms with van der Waals surface area (Å²) in [6, 6.07) is 3.90. The number of nitrogens with one attached hydrogen (secondary N) is 2. The van der Waals surface area contributed by atoms with Crippen LogP contribution in [0.5, 0.6) is 0 Å². The second-order valence-electron chi connectivity index (χ2n) is 14.6. The Morgan fingerprint density at radius 3 is 1.26 bits per heavy atom. The number of carbonyl (C=O) groups is 4. The van der Waals surface area contributed by atoms with Gasteiger partial charge in [0.05, 0.1) is 176 Å². The molecule has 372 valence electrons. The molecule has 0 aromatic heterocycles. The fraction of sp³-hybridized carbons (Fsp3) is 0.778. The molecule has 3 rings (SSSR count). The molecule has 0 bridgehead atoms. The summed E-state index contributed by atoms with van der Waals surface area (Å²) >= 11 is 0. The van der Waals surface area contributed by atoms with Gasteiger partial charge in [-0.2, -0.15) is 0 Å². The van der Waals surface area contributed by atoms with Gasteiger partial charge < -0.3 is 66.9 Å². The Balaban J connectivity index is 0.948. The van der Waals surface area contributed by atoms with Crippen LogP contribution in [-0.4, -0.2) is 213 Å². The van der Waals surface area contributed by atoms with Crippen molar-refractivity contribution in [2.75, 3.05) is 184 Å². The minimum atomic E-state index is -1.01. The zero-order valence-electron chi connectivity index (χ0n) is 38.5. The molecule has 2 N–H and O–H groups in total. The van der Waals surface area contributed by atoms with E-state index in [0.29, 0.717) is 177 Å². The summed E-state index contributed by atoms with van der Waals surface area (Å²) in [6.07, 6.45) is 5.02. The van der Waals surface area contributed by atoms with Gasteiger partial charge in [-0.15, -0.1) is 0 Å². The van der Waals surface area contributed by atoms with Gasteiger partial charge in [0, 0.05) is 25.3 Å². The van der Waals surface area contributed by atoms with Crippen LogP contribution in [0.4, 0.5) is 5.69 Å². The number of piperidine rings is 1. The van der Waals surface area contributed by atoms with Crippen molar-refractivity contribution in [2.45, 2.75) is 51.5 Å². The normalized spacial score (nSPS) is 15.0. The maximum atomic E-state index is 13.2. The second kappa shape index (κ2) is 38.8. The Morgan fingerprint density at radius 2 is 0.877 bits per heavy atom. The van der Waals surface area contributed by atoms with Crippen LogP contribution < -0.4 is 10.6 Å². The smallest absolute Gasteiger partial charge is 0.264 e. The monoisotopic (exact) mass is 930 g/mol. The van der Waals surface area contributed by atoms with Crippen molar-refractivity contribution in [1.29, 1.82) is 0 Å². The average Bonchev–Trinajstić information content (AvgIpc) is 3.56. The van der Waals surface area contributed by atoms with Crippen molar-refractivity contribution < 1.29 is 80.8 Å². The third-order valence-electron chi connectivity index (χ3n) is 9.64. The summed E-state index contributed by atoms with van der Waals surface area (Å²) in [5.74, 6) is -2.17. The number of fused-ring (bicyclic) bond motifs is 1. The molecule has 1 saturated heterocycles. The van der Waals surface area contributed by atoms with Crippen LogP contribution in [0.15, 0.2) is 18.2 Å². The van der Waals surface area contributed by atoms with Crippen LogP contribution in [-0.2, 0) is 71.2 Å². The van der Waals surface area contributed by atoms with Gasteiger partial charge in [0.15, 0.2) is 0 Å². The van der Waals surface area contributed by atoms with Gasteiger partial charge in [-0.1, -0.05) is 32.3 Å². The Morgan fingerprint density at radius 1 is 0.492 bits per heavy atom. The molecule has 20 heteroatoms. The molecule has 2 aliphatic rings. The molecule has 0 radical (unpaired) electrons. The number of carbonyl (C=O) groups excluding carboxylic acids is 4. The number of imide groups is 2. The van der Waals surface area contributed by atoms with E-state index in [4.69, 9.17) is 61.6 Å². The van der Waals surface area contributed by atoms with Crippen LogP contribution in [0.2, 0.25) is 0 Å². The number of unbranched alkanes of at least 4 members (excludes halogenated alkanes) is 3. The SMILES string of the molecule is CCCCCCOCCOCCOCCOCCOCCOCCOCCOCCOCCOCCOCCOCCOCCNc1cccc2c1C(=O)N(C1CCC(=O)NC1=O)C2=O. The van der Waals surface area contributed by atoms with Crippen LogP contribution >= 0.6 is 0 Å². The fourth-order valence-corrected chi connectivity index (χ4v) is 6.29. The summed E-state index contributed by atoms with van der Waals surface area (Å²) < 4.78 is 71.7. The van der Waals surface area contributed by atoms with Crippen molar-refractivity contribution in [3.8, 4) is 0 Å². The van der Waals surface area contributed by atoms with E-state index in [1.54, 1.807) is 18.2 Å². The van der Waals surface area contributed by atoms with Gasteiger partial charge in [-0.3, -0.25) is 29.4 Å². The van der Waals surface area contributed by atoms with Gasteiger partial charge in [0.1, 0.15) is 6.04 Å². The van der Waals surface area contributed by atoms with E-state index in [2.05, 4.69) is 17.6 Å². The Hall–Kier alpha value is -3.22. The lowest BCUT2D eigenvalue weighted by atomic mass is 10.0. The van der Waals surface area contributed by atoms with Crippen molar-refractivity contribution in [3.05, 3.63) is 29.3 Å². The Kier molecular flexibility index (Phi) is 33.5. The number of hydrogen-bond donors (Lipinski definition) is 2. The minimum absolute atomic E-state index is 0.0639. The molecule has 2 aliphatic heterocycles. The lowest BCUT2D eigenvalue weighted by Gasteiger charge is -2.27. The van der Waals surface area contributed by atoms with Crippen LogP contribution in [0, 0.1) is 0 Å². The third-order valence-corrected chi connectivity index (χ3v) is 9.64. The summed E-state index contributed by atoms with van der Waals surface area (Å²) in [7, 11) is 0. The summed E-state index contributed by atoms with van der Waals surface area (Å²) in [4.78, 5) is 50.9. The molecule has 65 heavy (non-hydrogen) atoms.